The van der Waals surface area contributed by atoms with Crippen LogP contribution in [-0.2, 0) is 10.0 Å². The fraction of sp³-hybridized carbons (Fsp3) is 0.571. The third-order valence-electron chi connectivity index (χ3n) is 3.52. The monoisotopic (exact) mass is 282 g/mol. The van der Waals surface area contributed by atoms with Gasteiger partial charge in [0.1, 0.15) is 4.90 Å². The second kappa shape index (κ2) is 6.39. The first-order valence-electron chi connectivity index (χ1n) is 6.96. The number of benzene rings is 1. The minimum atomic E-state index is -3.40. The Labute approximate surface area is 115 Å². The Morgan fingerprint density at radius 1 is 1.26 bits per heavy atom. The molecule has 0 aliphatic heterocycles. The van der Waals surface area contributed by atoms with Crippen LogP contribution >= 0.6 is 0 Å². The average Bonchev–Trinajstić information content (AvgIpc) is 2.35. The Bertz CT molecular complexity index is 510. The van der Waals surface area contributed by atoms with Crippen LogP contribution in [0.5, 0.6) is 0 Å². The summed E-state index contributed by atoms with van der Waals surface area (Å²) in [7, 11) is -3.40. The molecule has 1 saturated carbocycles. The number of hydrogen-bond acceptors (Lipinski definition) is 3. The molecule has 0 bridgehead atoms. The van der Waals surface area contributed by atoms with Crippen molar-refractivity contribution in [1.82, 2.24) is 4.72 Å². The summed E-state index contributed by atoms with van der Waals surface area (Å²) in [5, 5.41) is 3.28. The van der Waals surface area contributed by atoms with E-state index in [4.69, 9.17) is 0 Å². The van der Waals surface area contributed by atoms with E-state index in [1.807, 2.05) is 19.1 Å². The van der Waals surface area contributed by atoms with Crippen LogP contribution in [0.1, 0.15) is 32.6 Å². The van der Waals surface area contributed by atoms with Gasteiger partial charge in [-0.25, -0.2) is 13.1 Å². The third kappa shape index (κ3) is 3.70. The Balaban J connectivity index is 2.10. The van der Waals surface area contributed by atoms with Gasteiger partial charge < -0.3 is 5.32 Å². The van der Waals surface area contributed by atoms with Gasteiger partial charge in [0.15, 0.2) is 0 Å². The first-order chi connectivity index (χ1) is 9.13. The van der Waals surface area contributed by atoms with Crippen LogP contribution in [0.3, 0.4) is 0 Å². The molecule has 1 aromatic rings. The van der Waals surface area contributed by atoms with Crippen molar-refractivity contribution in [3.8, 4) is 0 Å². The van der Waals surface area contributed by atoms with Crippen LogP contribution in [0, 0.1) is 5.92 Å². The highest BCUT2D eigenvalue weighted by atomic mass is 32.2. The smallest absolute Gasteiger partial charge is 0.242 e. The molecule has 2 N–H and O–H groups in total. The SMILES string of the molecule is CCCNS(=O)(=O)c1ccccc1NCC1CCC1. The topological polar surface area (TPSA) is 58.2 Å². The predicted molar refractivity (Wildman–Crippen MR) is 77.8 cm³/mol. The van der Waals surface area contributed by atoms with Crippen molar-refractivity contribution in [2.75, 3.05) is 18.4 Å². The van der Waals surface area contributed by atoms with Gasteiger partial charge in [-0.1, -0.05) is 25.5 Å². The molecular weight excluding hydrogens is 260 g/mol. The lowest BCUT2D eigenvalue weighted by molar-refractivity contribution is 0.333. The summed E-state index contributed by atoms with van der Waals surface area (Å²) in [6.45, 7) is 3.28. The molecule has 0 atom stereocenters. The van der Waals surface area contributed by atoms with E-state index < -0.39 is 10.0 Å². The molecule has 2 rings (SSSR count). The molecule has 0 unspecified atom stereocenters. The summed E-state index contributed by atoms with van der Waals surface area (Å²) in [4.78, 5) is 0.350. The lowest BCUT2D eigenvalue weighted by Gasteiger charge is -2.26. The Morgan fingerprint density at radius 2 is 2.00 bits per heavy atom. The number of hydrogen-bond donors (Lipinski definition) is 2. The molecule has 0 aromatic heterocycles. The van der Waals surface area contributed by atoms with Gasteiger partial charge in [0.05, 0.1) is 5.69 Å². The van der Waals surface area contributed by atoms with Gasteiger partial charge in [-0.2, -0.15) is 0 Å². The summed E-state index contributed by atoms with van der Waals surface area (Å²) in [6, 6.07) is 7.11. The second-order valence-corrected chi connectivity index (χ2v) is 6.81. The fourth-order valence-electron chi connectivity index (χ4n) is 2.11. The summed E-state index contributed by atoms with van der Waals surface area (Å²) >= 11 is 0. The largest absolute Gasteiger partial charge is 0.384 e. The van der Waals surface area contributed by atoms with E-state index in [9.17, 15) is 8.42 Å². The molecule has 5 heteroatoms. The van der Waals surface area contributed by atoms with Gasteiger partial charge >= 0.3 is 0 Å². The molecule has 0 radical (unpaired) electrons. The molecule has 1 fully saturated rings. The number of sulfonamides is 1. The molecule has 0 spiro atoms. The maximum Gasteiger partial charge on any atom is 0.242 e. The van der Waals surface area contributed by atoms with Gasteiger partial charge in [-0.15, -0.1) is 0 Å². The lowest BCUT2D eigenvalue weighted by Crippen LogP contribution is -2.26. The number of rotatable bonds is 7. The third-order valence-corrected chi connectivity index (χ3v) is 5.04. The second-order valence-electron chi connectivity index (χ2n) is 5.07. The summed E-state index contributed by atoms with van der Waals surface area (Å²) in [5.74, 6) is 0.694. The molecule has 1 aromatic carbocycles. The normalized spacial score (nSPS) is 16.1. The van der Waals surface area contributed by atoms with Crippen molar-refractivity contribution in [3.63, 3.8) is 0 Å². The van der Waals surface area contributed by atoms with Crippen LogP contribution in [0.4, 0.5) is 5.69 Å². The fourth-order valence-corrected chi connectivity index (χ4v) is 3.43. The first-order valence-corrected chi connectivity index (χ1v) is 8.44. The number of anilines is 1. The van der Waals surface area contributed by atoms with Gasteiger partial charge in [0.2, 0.25) is 10.0 Å². The van der Waals surface area contributed by atoms with E-state index in [1.165, 1.54) is 19.3 Å². The lowest BCUT2D eigenvalue weighted by atomic mass is 9.85. The van der Waals surface area contributed by atoms with Crippen LogP contribution < -0.4 is 10.0 Å². The van der Waals surface area contributed by atoms with Gasteiger partial charge in [-0.05, 0) is 37.3 Å². The van der Waals surface area contributed by atoms with Crippen LogP contribution in [0.15, 0.2) is 29.2 Å². The molecule has 0 heterocycles. The predicted octanol–water partition coefficient (Wildman–Crippen LogP) is 2.59. The van der Waals surface area contributed by atoms with Crippen LogP contribution in [0.2, 0.25) is 0 Å². The molecule has 1 aliphatic carbocycles. The summed E-state index contributed by atoms with van der Waals surface area (Å²) in [5.41, 5.74) is 0.706. The average molecular weight is 282 g/mol. The zero-order valence-corrected chi connectivity index (χ0v) is 12.2. The van der Waals surface area contributed by atoms with Gasteiger partial charge in [0, 0.05) is 13.1 Å². The van der Waals surface area contributed by atoms with E-state index in [2.05, 4.69) is 10.0 Å². The van der Waals surface area contributed by atoms with Crippen LogP contribution in [-0.4, -0.2) is 21.5 Å². The van der Waals surface area contributed by atoms with E-state index >= 15 is 0 Å². The standard InChI is InChI=1S/C14H22N2O2S/c1-2-10-16-19(17,18)14-9-4-3-8-13(14)15-11-12-6-5-7-12/h3-4,8-9,12,15-16H,2,5-7,10-11H2,1H3. The van der Waals surface area contributed by atoms with E-state index in [-0.39, 0.29) is 0 Å². The Kier molecular flexibility index (Phi) is 4.82. The molecule has 0 amide bonds. The quantitative estimate of drug-likeness (QED) is 0.808. The highest BCUT2D eigenvalue weighted by Gasteiger charge is 2.20. The maximum absolute atomic E-state index is 12.2. The van der Waals surface area contributed by atoms with Gasteiger partial charge in [0.25, 0.3) is 0 Å². The zero-order chi connectivity index (χ0) is 13.7. The highest BCUT2D eigenvalue weighted by Crippen LogP contribution is 2.28. The molecule has 0 saturated heterocycles. The van der Waals surface area contributed by atoms with Crippen molar-refractivity contribution in [1.29, 1.82) is 0 Å². The van der Waals surface area contributed by atoms with E-state index in [0.29, 0.717) is 23.0 Å². The number of para-hydroxylation sites is 1. The first kappa shape index (κ1) is 14.3. The van der Waals surface area contributed by atoms with E-state index in [0.717, 1.165) is 13.0 Å². The minimum absolute atomic E-state index is 0.350. The maximum atomic E-state index is 12.2. The van der Waals surface area contributed by atoms with Crippen molar-refractivity contribution < 1.29 is 8.42 Å². The van der Waals surface area contributed by atoms with Crippen molar-refractivity contribution >= 4 is 15.7 Å². The summed E-state index contributed by atoms with van der Waals surface area (Å²) < 4.78 is 27.0. The molecule has 1 aliphatic rings. The van der Waals surface area contributed by atoms with Crippen molar-refractivity contribution in [2.24, 2.45) is 5.92 Å². The van der Waals surface area contributed by atoms with Gasteiger partial charge in [-0.3, -0.25) is 0 Å². The highest BCUT2D eigenvalue weighted by molar-refractivity contribution is 7.89. The zero-order valence-electron chi connectivity index (χ0n) is 11.4. The molecule has 106 valence electrons. The summed E-state index contributed by atoms with van der Waals surface area (Å²) in [6.07, 6.45) is 4.58. The van der Waals surface area contributed by atoms with Crippen molar-refractivity contribution in [2.45, 2.75) is 37.5 Å². The molecule has 4 nitrogen and oxygen atoms in total. The number of nitrogens with one attached hydrogen (secondary N) is 2. The van der Waals surface area contributed by atoms with Crippen molar-refractivity contribution in [3.05, 3.63) is 24.3 Å². The Morgan fingerprint density at radius 3 is 2.63 bits per heavy atom. The molecule has 19 heavy (non-hydrogen) atoms. The minimum Gasteiger partial charge on any atom is -0.384 e. The molecular formula is C14H22N2O2S. The Hall–Kier alpha value is -1.07. The van der Waals surface area contributed by atoms with E-state index in [1.54, 1.807) is 12.1 Å². The van der Waals surface area contributed by atoms with Crippen LogP contribution in [0.25, 0.3) is 0 Å².